The summed E-state index contributed by atoms with van der Waals surface area (Å²) < 4.78 is 7.56. The van der Waals surface area contributed by atoms with Gasteiger partial charge in [0.15, 0.2) is 0 Å². The Morgan fingerprint density at radius 2 is 1.15 bits per heavy atom. The van der Waals surface area contributed by atoms with Crippen LogP contribution in [0.1, 0.15) is 154 Å². The van der Waals surface area contributed by atoms with Crippen molar-refractivity contribution in [2.45, 2.75) is 148 Å². The maximum absolute atomic E-state index is 7.56. The Balaban J connectivity index is 1.23. The third-order valence-electron chi connectivity index (χ3n) is 17.5. The van der Waals surface area contributed by atoms with Crippen molar-refractivity contribution >= 4 is 68.4 Å². The molecular formula is C62H67BN2O. The molecule has 2 bridgehead atoms. The van der Waals surface area contributed by atoms with Gasteiger partial charge in [0.1, 0.15) is 5.58 Å². The van der Waals surface area contributed by atoms with Crippen LogP contribution in [0.2, 0.25) is 0 Å². The zero-order valence-corrected chi connectivity index (χ0v) is 41.5. The molecule has 12 rings (SSSR count). The van der Waals surface area contributed by atoms with Gasteiger partial charge in [-0.2, -0.15) is 0 Å². The first-order valence-corrected chi connectivity index (χ1v) is 25.1. The lowest BCUT2D eigenvalue weighted by Crippen LogP contribution is -2.61. The minimum Gasteiger partial charge on any atom is -0.440 e. The number of rotatable bonds is 3. The van der Waals surface area contributed by atoms with Crippen LogP contribution >= 0.6 is 0 Å². The highest BCUT2D eigenvalue weighted by Crippen LogP contribution is 2.57. The molecular weight excluding hydrogens is 800 g/mol. The largest absolute Gasteiger partial charge is 0.440 e. The van der Waals surface area contributed by atoms with Gasteiger partial charge < -0.3 is 9.32 Å². The van der Waals surface area contributed by atoms with Gasteiger partial charge in [-0.05, 0) is 181 Å². The molecule has 0 N–H and O–H groups in total. The fourth-order valence-electron chi connectivity index (χ4n) is 13.3. The smallest absolute Gasteiger partial charge is 0.257 e. The van der Waals surface area contributed by atoms with Crippen molar-refractivity contribution in [3.63, 3.8) is 0 Å². The summed E-state index contributed by atoms with van der Waals surface area (Å²) in [7, 11) is 0. The number of furan rings is 1. The zero-order chi connectivity index (χ0) is 46.0. The lowest BCUT2D eigenvalue weighted by atomic mass is 9.33. The standard InChI is InChI=1S/C62H67BN2O/c1-37-39-26-27-62(12,36-39)47-32-46-54(33-45(37)47)66-57-55(46)63-50-34-48-49(61(10,11)29-28-60(48,8)9)35-51(50)64(43-22-18-41(19-23-43)58(2,3)4)52-30-40(38-16-14-13-15-17-38)31-53(56(52)63)65(57)44-24-20-42(21-25-44)59(5,6)7/h13-25,30-35,37,39H,26-29,36H2,1-12H3. The zero-order valence-electron chi connectivity index (χ0n) is 41.5. The van der Waals surface area contributed by atoms with Gasteiger partial charge in [-0.15, -0.1) is 0 Å². The molecule has 1 fully saturated rings. The van der Waals surface area contributed by atoms with Gasteiger partial charge >= 0.3 is 0 Å². The molecule has 3 nitrogen and oxygen atoms in total. The molecule has 66 heavy (non-hydrogen) atoms. The first kappa shape index (κ1) is 41.9. The summed E-state index contributed by atoms with van der Waals surface area (Å²) in [5.41, 5.74) is 22.5. The molecule has 4 heteroatoms. The predicted molar refractivity (Wildman–Crippen MR) is 281 cm³/mol. The first-order chi connectivity index (χ1) is 31.2. The van der Waals surface area contributed by atoms with Crippen molar-refractivity contribution in [3.8, 4) is 11.1 Å². The van der Waals surface area contributed by atoms with Crippen molar-refractivity contribution in [3.05, 3.63) is 149 Å². The van der Waals surface area contributed by atoms with Crippen molar-refractivity contribution in [1.82, 2.24) is 0 Å². The number of anilines is 6. The lowest BCUT2D eigenvalue weighted by Gasteiger charge is -2.47. The molecule has 3 aliphatic carbocycles. The Kier molecular flexibility index (Phi) is 8.77. The maximum atomic E-state index is 7.56. The number of fused-ring (bicyclic) bond motifs is 11. The summed E-state index contributed by atoms with van der Waals surface area (Å²) in [5, 5.41) is 1.28. The fraction of sp³-hybridized carbons (Fsp3) is 0.387. The molecule has 1 saturated carbocycles. The summed E-state index contributed by atoms with van der Waals surface area (Å²) >= 11 is 0. The fourth-order valence-corrected chi connectivity index (χ4v) is 13.3. The van der Waals surface area contributed by atoms with Crippen LogP contribution in [0, 0.1) is 5.92 Å². The quantitative estimate of drug-likeness (QED) is 0.165. The van der Waals surface area contributed by atoms with Crippen LogP contribution < -0.4 is 26.2 Å². The first-order valence-electron chi connectivity index (χ1n) is 25.1. The van der Waals surface area contributed by atoms with E-state index in [1.165, 1.54) is 109 Å². The normalized spacial score (nSPS) is 22.2. The highest BCUT2D eigenvalue weighted by molar-refractivity contribution is 7.01. The maximum Gasteiger partial charge on any atom is 0.257 e. The van der Waals surface area contributed by atoms with Gasteiger partial charge in [0, 0.05) is 39.3 Å². The summed E-state index contributed by atoms with van der Waals surface area (Å²) in [5.74, 6) is 2.21. The van der Waals surface area contributed by atoms with Crippen molar-refractivity contribution in [2.75, 3.05) is 9.80 Å². The van der Waals surface area contributed by atoms with Crippen LogP contribution in [-0.4, -0.2) is 6.71 Å². The van der Waals surface area contributed by atoms with E-state index in [2.05, 4.69) is 208 Å². The molecule has 3 unspecified atom stereocenters. The van der Waals surface area contributed by atoms with E-state index in [1.807, 2.05) is 0 Å². The molecule has 1 aromatic heterocycles. The Morgan fingerprint density at radius 3 is 1.76 bits per heavy atom. The highest BCUT2D eigenvalue weighted by Gasteiger charge is 2.50. The van der Waals surface area contributed by atoms with E-state index >= 15 is 0 Å². The van der Waals surface area contributed by atoms with Gasteiger partial charge in [-0.1, -0.05) is 144 Å². The molecule has 0 radical (unpaired) electrons. The van der Waals surface area contributed by atoms with Gasteiger partial charge in [0.25, 0.3) is 6.71 Å². The van der Waals surface area contributed by atoms with E-state index in [0.717, 1.165) is 29.5 Å². The third-order valence-corrected chi connectivity index (χ3v) is 17.5. The van der Waals surface area contributed by atoms with Crippen molar-refractivity contribution < 1.29 is 4.42 Å². The Labute approximate surface area is 394 Å². The van der Waals surface area contributed by atoms with Gasteiger partial charge in [0.05, 0.1) is 0 Å². The second-order valence-corrected chi connectivity index (χ2v) is 24.8. The van der Waals surface area contributed by atoms with Crippen LogP contribution in [0.25, 0.3) is 22.1 Å². The summed E-state index contributed by atoms with van der Waals surface area (Å²) in [6.07, 6.45) is 6.18. The van der Waals surface area contributed by atoms with E-state index in [9.17, 15) is 0 Å². The van der Waals surface area contributed by atoms with E-state index in [1.54, 1.807) is 5.56 Å². The number of hydrogen-bond acceptors (Lipinski definition) is 3. The number of hydrogen-bond donors (Lipinski definition) is 0. The van der Waals surface area contributed by atoms with Crippen molar-refractivity contribution in [1.29, 1.82) is 0 Å². The minimum atomic E-state index is -0.0457. The Morgan fingerprint density at radius 1 is 0.576 bits per heavy atom. The molecule has 7 aromatic rings. The predicted octanol–water partition coefficient (Wildman–Crippen LogP) is 15.3. The van der Waals surface area contributed by atoms with Gasteiger partial charge in [0.2, 0.25) is 5.88 Å². The highest BCUT2D eigenvalue weighted by atomic mass is 16.4. The molecule has 0 saturated heterocycles. The molecule has 3 heterocycles. The molecule has 2 aliphatic heterocycles. The van der Waals surface area contributed by atoms with Crippen molar-refractivity contribution in [2.24, 2.45) is 5.92 Å². The summed E-state index contributed by atoms with van der Waals surface area (Å²) in [6, 6.07) is 45.2. The SMILES string of the molecule is CC1c2cc3oc4c(c3cc2C2(C)CCC1C2)B1c2cc3c(cc2N(c2ccc(C(C)(C)C)cc2)c2cc(-c5ccccc5)cc(c21)N4c1ccc(C(C)(C)C)cc1)C(C)(C)CCC3(C)C. The number of benzene rings is 6. The van der Waals surface area contributed by atoms with E-state index in [4.69, 9.17) is 4.42 Å². The topological polar surface area (TPSA) is 19.6 Å². The second kappa shape index (κ2) is 13.8. The van der Waals surface area contributed by atoms with Crippen LogP contribution in [0.3, 0.4) is 0 Å². The van der Waals surface area contributed by atoms with Crippen LogP contribution in [-0.2, 0) is 27.1 Å². The average Bonchev–Trinajstić information content (AvgIpc) is 3.85. The lowest BCUT2D eigenvalue weighted by molar-refractivity contribution is 0.332. The van der Waals surface area contributed by atoms with E-state index < -0.39 is 0 Å². The molecule has 5 aliphatic rings. The van der Waals surface area contributed by atoms with E-state index in [-0.39, 0.29) is 33.8 Å². The minimum absolute atomic E-state index is 0.0297. The van der Waals surface area contributed by atoms with Crippen LogP contribution in [0.4, 0.5) is 34.3 Å². The van der Waals surface area contributed by atoms with Crippen LogP contribution in [0.5, 0.6) is 0 Å². The van der Waals surface area contributed by atoms with E-state index in [0.29, 0.717) is 5.92 Å². The average molecular weight is 867 g/mol. The Hall–Kier alpha value is -5.48. The summed E-state index contributed by atoms with van der Waals surface area (Å²) in [6.45, 7) is 28.8. The van der Waals surface area contributed by atoms with Crippen LogP contribution in [0.15, 0.2) is 120 Å². The second-order valence-electron chi connectivity index (χ2n) is 24.8. The molecule has 334 valence electrons. The number of nitrogens with zero attached hydrogens (tertiary/aromatic N) is 2. The summed E-state index contributed by atoms with van der Waals surface area (Å²) in [4.78, 5) is 5.13. The third kappa shape index (κ3) is 6.08. The molecule has 3 atom stereocenters. The molecule has 6 aromatic carbocycles. The van der Waals surface area contributed by atoms with Gasteiger partial charge in [-0.25, -0.2) is 0 Å². The Bertz CT molecular complexity index is 3120. The van der Waals surface area contributed by atoms with Gasteiger partial charge in [-0.3, -0.25) is 4.90 Å². The molecule has 0 amide bonds. The molecule has 0 spiro atoms. The monoisotopic (exact) mass is 867 g/mol.